The number of aromatic nitrogens is 1. The van der Waals surface area contributed by atoms with E-state index in [9.17, 15) is 27.2 Å². The van der Waals surface area contributed by atoms with Crippen LogP contribution in [0.4, 0.5) is 22.0 Å². The summed E-state index contributed by atoms with van der Waals surface area (Å²) in [5, 5.41) is 10.6. The fraction of sp³-hybridized carbons (Fsp3) is 0.300. The number of nitrogens with zero attached hydrogens (tertiary/aromatic N) is 1. The van der Waals surface area contributed by atoms with E-state index in [-0.39, 0.29) is 24.5 Å². The summed E-state index contributed by atoms with van der Waals surface area (Å²) in [6.07, 6.45) is -2.45. The Morgan fingerprint density at radius 3 is 2.30 bits per heavy atom. The van der Waals surface area contributed by atoms with E-state index in [1.807, 2.05) is 13.0 Å². The molecule has 0 spiro atoms. The number of nitrogens with one attached hydrogen (secondary N) is 2. The summed E-state index contributed by atoms with van der Waals surface area (Å²) in [4.78, 5) is 38.4. The van der Waals surface area contributed by atoms with Gasteiger partial charge in [0.2, 0.25) is 0 Å². The number of hydrogen-bond donors (Lipinski definition) is 3. The molecular weight excluding hydrogens is 577 g/mol. The van der Waals surface area contributed by atoms with Gasteiger partial charge in [-0.1, -0.05) is 19.1 Å². The van der Waals surface area contributed by atoms with E-state index in [2.05, 4.69) is 10.3 Å². The van der Waals surface area contributed by atoms with Crippen LogP contribution in [0, 0.1) is 11.6 Å². The van der Waals surface area contributed by atoms with E-state index in [1.165, 1.54) is 30.3 Å². The number of aliphatic carboxylic acids is 1. The van der Waals surface area contributed by atoms with Gasteiger partial charge in [-0.3, -0.25) is 9.78 Å². The summed E-state index contributed by atoms with van der Waals surface area (Å²) in [5.74, 6) is -4.40. The lowest BCUT2D eigenvalue weighted by atomic mass is 9.98. The van der Waals surface area contributed by atoms with Crippen LogP contribution in [-0.2, 0) is 11.3 Å². The number of hydrogen-bond acceptors (Lipinski definition) is 5. The largest absolute Gasteiger partial charge is 0.490 e. The number of oxazole rings is 1. The summed E-state index contributed by atoms with van der Waals surface area (Å²) in [6.45, 7) is 2.96. The molecule has 2 atom stereocenters. The summed E-state index contributed by atoms with van der Waals surface area (Å²) >= 11 is 0. The van der Waals surface area contributed by atoms with Crippen molar-refractivity contribution in [3.8, 4) is 11.1 Å². The lowest BCUT2D eigenvalue weighted by Crippen LogP contribution is -2.49. The van der Waals surface area contributed by atoms with Crippen LogP contribution >= 0.6 is 0 Å². The maximum absolute atomic E-state index is 15.1. The Labute approximate surface area is 242 Å². The number of carboxylic acids is 1. The smallest absolute Gasteiger partial charge is 0.475 e. The van der Waals surface area contributed by atoms with Gasteiger partial charge in [-0.2, -0.15) is 13.2 Å². The molecule has 2 heterocycles. The van der Waals surface area contributed by atoms with Gasteiger partial charge in [0, 0.05) is 29.8 Å². The van der Waals surface area contributed by atoms with E-state index in [0.29, 0.717) is 28.6 Å². The minimum absolute atomic E-state index is 0.0635. The lowest BCUT2D eigenvalue weighted by molar-refractivity contribution is -0.192. The number of aromatic amines is 1. The molecule has 0 bridgehead atoms. The van der Waals surface area contributed by atoms with Crippen molar-refractivity contribution in [3.05, 3.63) is 94.0 Å². The molecule has 1 fully saturated rings. The third-order valence-electron chi connectivity index (χ3n) is 7.12. The summed E-state index contributed by atoms with van der Waals surface area (Å²) in [5.41, 5.74) is 3.21. The van der Waals surface area contributed by atoms with E-state index in [4.69, 9.17) is 14.3 Å². The van der Waals surface area contributed by atoms with Gasteiger partial charge in [-0.15, -0.1) is 0 Å². The molecule has 1 aliphatic rings. The zero-order valence-electron chi connectivity index (χ0n) is 22.9. The molecule has 1 aromatic heterocycles. The van der Waals surface area contributed by atoms with Crippen molar-refractivity contribution in [1.29, 1.82) is 0 Å². The topological polar surface area (TPSA) is 116 Å². The molecule has 0 aliphatic carbocycles. The van der Waals surface area contributed by atoms with E-state index >= 15 is 4.39 Å². The van der Waals surface area contributed by atoms with Gasteiger partial charge >= 0.3 is 17.9 Å². The van der Waals surface area contributed by atoms with Gasteiger partial charge in [0.25, 0.3) is 5.91 Å². The van der Waals surface area contributed by atoms with Crippen molar-refractivity contribution in [1.82, 2.24) is 15.2 Å². The Hall–Kier alpha value is -4.52. The first-order valence-corrected chi connectivity index (χ1v) is 13.4. The number of alkyl halides is 3. The number of carbonyl (C=O) groups is 2. The minimum Gasteiger partial charge on any atom is -0.475 e. The molecule has 1 saturated heterocycles. The van der Waals surface area contributed by atoms with Crippen molar-refractivity contribution >= 4 is 23.0 Å². The Balaban J connectivity index is 0.000000541. The van der Waals surface area contributed by atoms with Gasteiger partial charge in [-0.25, -0.2) is 18.4 Å². The average molecular weight is 606 g/mol. The van der Waals surface area contributed by atoms with Crippen molar-refractivity contribution in [3.63, 3.8) is 0 Å². The maximum atomic E-state index is 15.1. The minimum atomic E-state index is -5.08. The van der Waals surface area contributed by atoms with Gasteiger partial charge in [-0.05, 0) is 85.5 Å². The highest BCUT2D eigenvalue weighted by molar-refractivity contribution is 5.94. The van der Waals surface area contributed by atoms with Gasteiger partial charge < -0.3 is 19.7 Å². The van der Waals surface area contributed by atoms with Crippen LogP contribution in [0.25, 0.3) is 22.2 Å². The number of benzene rings is 3. The van der Waals surface area contributed by atoms with E-state index < -0.39 is 29.5 Å². The number of rotatable bonds is 7. The molecule has 5 rings (SSSR count). The average Bonchev–Trinajstić information content (AvgIpc) is 3.62. The lowest BCUT2D eigenvalue weighted by Gasteiger charge is -2.35. The molecule has 1 amide bonds. The Bertz CT molecular complexity index is 1640. The Morgan fingerprint density at radius 2 is 1.70 bits per heavy atom. The van der Waals surface area contributed by atoms with Crippen LogP contribution in [0.2, 0.25) is 0 Å². The number of amides is 1. The van der Waals surface area contributed by atoms with Gasteiger partial charge in [0.1, 0.15) is 11.6 Å². The molecule has 4 aromatic rings. The number of carboxylic acid groups (broad SMARTS) is 1. The Morgan fingerprint density at radius 1 is 1.05 bits per heavy atom. The second-order valence-electron chi connectivity index (χ2n) is 9.95. The van der Waals surface area contributed by atoms with Crippen LogP contribution in [0.3, 0.4) is 0 Å². The predicted molar refractivity (Wildman–Crippen MR) is 147 cm³/mol. The molecular formula is C30H28F5N3O5. The number of fused-ring (bicyclic) bond motifs is 1. The molecule has 228 valence electrons. The fourth-order valence-corrected chi connectivity index (χ4v) is 5.04. The quantitative estimate of drug-likeness (QED) is 0.227. The SMILES string of the molecule is CCC(C1CCCN1)N(Cc1cc(-c2ccc3[nH]c(=O)oc3c2)ccc1F)C(=O)c1ccc(F)cc1.O=C(O)C(F)(F)F. The highest BCUT2D eigenvalue weighted by Gasteiger charge is 2.38. The molecule has 2 unspecified atom stereocenters. The summed E-state index contributed by atoms with van der Waals surface area (Å²) < 4.78 is 65.5. The molecule has 0 saturated carbocycles. The van der Waals surface area contributed by atoms with Crippen LogP contribution in [0.5, 0.6) is 0 Å². The summed E-state index contributed by atoms with van der Waals surface area (Å²) in [6, 6.07) is 15.5. The number of H-pyrrole nitrogens is 1. The highest BCUT2D eigenvalue weighted by Crippen LogP contribution is 2.28. The first kappa shape index (κ1) is 31.4. The molecule has 43 heavy (non-hydrogen) atoms. The van der Waals surface area contributed by atoms with Gasteiger partial charge in [0.05, 0.1) is 5.52 Å². The van der Waals surface area contributed by atoms with Crippen molar-refractivity contribution in [2.75, 3.05) is 6.54 Å². The number of halogens is 5. The first-order chi connectivity index (χ1) is 20.4. The van der Waals surface area contributed by atoms with Gasteiger partial charge in [0.15, 0.2) is 5.58 Å². The molecule has 3 aromatic carbocycles. The third-order valence-corrected chi connectivity index (χ3v) is 7.12. The number of carbonyl (C=O) groups excluding carboxylic acids is 1. The molecule has 1 aliphatic heterocycles. The van der Waals surface area contributed by atoms with Crippen molar-refractivity contribution in [2.45, 2.75) is 51.0 Å². The normalized spacial score (nSPS) is 15.5. The fourth-order valence-electron chi connectivity index (χ4n) is 5.04. The van der Waals surface area contributed by atoms with Crippen LogP contribution < -0.4 is 11.1 Å². The monoisotopic (exact) mass is 605 g/mol. The predicted octanol–water partition coefficient (Wildman–Crippen LogP) is 5.87. The maximum Gasteiger partial charge on any atom is 0.490 e. The van der Waals surface area contributed by atoms with Crippen LogP contribution in [0.1, 0.15) is 42.1 Å². The molecule has 13 heteroatoms. The molecule has 8 nitrogen and oxygen atoms in total. The molecule has 0 radical (unpaired) electrons. The van der Waals surface area contributed by atoms with Crippen molar-refractivity contribution in [2.24, 2.45) is 0 Å². The molecule has 3 N–H and O–H groups in total. The second-order valence-corrected chi connectivity index (χ2v) is 9.95. The second kappa shape index (κ2) is 13.2. The van der Waals surface area contributed by atoms with Crippen LogP contribution in [-0.4, -0.2) is 51.7 Å². The van der Waals surface area contributed by atoms with E-state index in [0.717, 1.165) is 30.5 Å². The highest BCUT2D eigenvalue weighted by atomic mass is 19.4. The summed E-state index contributed by atoms with van der Waals surface area (Å²) in [7, 11) is 0. The Kier molecular flexibility index (Phi) is 9.64. The first-order valence-electron chi connectivity index (χ1n) is 13.4. The van der Waals surface area contributed by atoms with E-state index in [1.54, 1.807) is 29.2 Å². The third kappa shape index (κ3) is 7.66. The standard InChI is InChI=1S/C28H27F2N3O3.C2HF3O2/c1-2-25(23-4-3-13-31-23)33(27(34)17-5-9-21(29)10-6-17)16-20-14-18(7-11-22(20)30)19-8-12-24-26(15-19)36-28(35)32-24;3-2(4,5)1(6)7/h5-12,14-15,23,25,31H,2-4,13,16H2,1H3,(H,32,35);(H,6,7). The van der Waals surface area contributed by atoms with Crippen molar-refractivity contribution < 1.29 is 41.1 Å². The zero-order valence-corrected chi connectivity index (χ0v) is 22.9. The van der Waals surface area contributed by atoms with Crippen LogP contribution in [0.15, 0.2) is 69.9 Å². The zero-order chi connectivity index (χ0) is 31.3.